The molecular formula is C20H20O5. The van der Waals surface area contributed by atoms with E-state index in [4.69, 9.17) is 14.2 Å². The van der Waals surface area contributed by atoms with E-state index >= 15 is 0 Å². The molecule has 0 amide bonds. The fraction of sp³-hybridized carbons (Fsp3) is 0.200. The van der Waals surface area contributed by atoms with E-state index in [1.54, 1.807) is 37.5 Å². The van der Waals surface area contributed by atoms with Crippen LogP contribution in [0.25, 0.3) is 6.08 Å². The molecule has 0 radical (unpaired) electrons. The number of para-hydroxylation sites is 1. The summed E-state index contributed by atoms with van der Waals surface area (Å²) in [6.07, 6.45) is 2.87. The number of esters is 2. The Labute approximate surface area is 146 Å². The van der Waals surface area contributed by atoms with Crippen LogP contribution in [-0.4, -0.2) is 19.0 Å². The Kier molecular flexibility index (Phi) is 6.34. The molecule has 0 aromatic heterocycles. The monoisotopic (exact) mass is 340 g/mol. The smallest absolute Gasteiger partial charge is 0.308 e. The third-order valence-electron chi connectivity index (χ3n) is 3.33. The molecule has 0 N–H and O–H groups in total. The third kappa shape index (κ3) is 5.49. The molecule has 5 heteroatoms. The number of benzene rings is 2. The molecule has 5 nitrogen and oxygen atoms in total. The van der Waals surface area contributed by atoms with Gasteiger partial charge in [-0.1, -0.05) is 36.4 Å². The largest absolute Gasteiger partial charge is 0.497 e. The minimum atomic E-state index is -0.681. The maximum atomic E-state index is 11.5. The van der Waals surface area contributed by atoms with Crippen molar-refractivity contribution in [2.24, 2.45) is 0 Å². The molecule has 0 saturated carbocycles. The van der Waals surface area contributed by atoms with E-state index in [0.29, 0.717) is 11.3 Å². The van der Waals surface area contributed by atoms with Gasteiger partial charge in [-0.05, 0) is 29.8 Å². The van der Waals surface area contributed by atoms with Crippen molar-refractivity contribution in [2.45, 2.75) is 20.0 Å². The zero-order valence-electron chi connectivity index (χ0n) is 14.4. The third-order valence-corrected chi connectivity index (χ3v) is 3.33. The number of carbonyl (C=O) groups excluding carboxylic acids is 2. The van der Waals surface area contributed by atoms with Crippen LogP contribution in [0.1, 0.15) is 31.1 Å². The van der Waals surface area contributed by atoms with Crippen molar-refractivity contribution >= 4 is 18.0 Å². The van der Waals surface area contributed by atoms with E-state index in [9.17, 15) is 9.59 Å². The second kappa shape index (κ2) is 8.68. The van der Waals surface area contributed by atoms with E-state index in [1.165, 1.54) is 13.8 Å². The fourth-order valence-electron chi connectivity index (χ4n) is 2.29. The summed E-state index contributed by atoms with van der Waals surface area (Å²) >= 11 is 0. The minimum Gasteiger partial charge on any atom is -0.497 e. The van der Waals surface area contributed by atoms with Gasteiger partial charge in [-0.2, -0.15) is 0 Å². The Hall–Kier alpha value is -3.08. The summed E-state index contributed by atoms with van der Waals surface area (Å²) < 4.78 is 15.8. The van der Waals surface area contributed by atoms with Gasteiger partial charge in [0.15, 0.2) is 0 Å². The Balaban J connectivity index is 2.34. The number of carbonyl (C=O) groups is 2. The minimum absolute atomic E-state index is 0.358. The van der Waals surface area contributed by atoms with Crippen LogP contribution in [0.5, 0.6) is 11.5 Å². The van der Waals surface area contributed by atoms with Crippen molar-refractivity contribution in [1.82, 2.24) is 0 Å². The van der Waals surface area contributed by atoms with Crippen LogP contribution in [-0.2, 0) is 14.3 Å². The SMILES string of the molecule is COc1cccc(C=CC(OC(C)=O)c2ccccc2OC(C)=O)c1. The highest BCUT2D eigenvalue weighted by Crippen LogP contribution is 2.30. The maximum absolute atomic E-state index is 11.5. The lowest BCUT2D eigenvalue weighted by Crippen LogP contribution is -2.10. The number of methoxy groups -OCH3 is 1. The van der Waals surface area contributed by atoms with Crippen LogP contribution in [0, 0.1) is 0 Å². The van der Waals surface area contributed by atoms with Crippen molar-refractivity contribution in [3.63, 3.8) is 0 Å². The van der Waals surface area contributed by atoms with E-state index in [0.717, 1.165) is 11.3 Å². The van der Waals surface area contributed by atoms with Crippen LogP contribution in [0.2, 0.25) is 0 Å². The molecular weight excluding hydrogens is 320 g/mol. The molecule has 0 saturated heterocycles. The molecule has 1 atom stereocenters. The van der Waals surface area contributed by atoms with Crippen LogP contribution in [0.4, 0.5) is 0 Å². The Bertz CT molecular complexity index is 779. The topological polar surface area (TPSA) is 61.8 Å². The van der Waals surface area contributed by atoms with Crippen molar-refractivity contribution in [3.8, 4) is 11.5 Å². The average molecular weight is 340 g/mol. The summed E-state index contributed by atoms with van der Waals surface area (Å²) in [5.74, 6) is 0.215. The van der Waals surface area contributed by atoms with Gasteiger partial charge in [0, 0.05) is 19.4 Å². The first-order valence-electron chi connectivity index (χ1n) is 7.76. The number of ether oxygens (including phenoxy) is 3. The van der Waals surface area contributed by atoms with E-state index in [1.807, 2.05) is 30.3 Å². The summed E-state index contributed by atoms with van der Waals surface area (Å²) in [4.78, 5) is 22.8. The van der Waals surface area contributed by atoms with Gasteiger partial charge >= 0.3 is 11.9 Å². The summed E-state index contributed by atoms with van der Waals surface area (Å²) in [7, 11) is 1.60. The summed E-state index contributed by atoms with van der Waals surface area (Å²) in [5.41, 5.74) is 1.48. The quantitative estimate of drug-likeness (QED) is 0.589. The normalized spacial score (nSPS) is 11.8. The van der Waals surface area contributed by atoms with Gasteiger partial charge in [-0.3, -0.25) is 9.59 Å². The maximum Gasteiger partial charge on any atom is 0.308 e. The molecule has 0 aliphatic rings. The second-order valence-corrected chi connectivity index (χ2v) is 5.30. The number of hydrogen-bond donors (Lipinski definition) is 0. The van der Waals surface area contributed by atoms with Crippen LogP contribution < -0.4 is 9.47 Å². The van der Waals surface area contributed by atoms with Gasteiger partial charge in [-0.25, -0.2) is 0 Å². The van der Waals surface area contributed by atoms with Crippen molar-refractivity contribution in [1.29, 1.82) is 0 Å². The lowest BCUT2D eigenvalue weighted by molar-refractivity contribution is -0.144. The molecule has 0 spiro atoms. The van der Waals surface area contributed by atoms with Crippen molar-refractivity contribution in [3.05, 3.63) is 65.7 Å². The molecule has 2 aromatic rings. The van der Waals surface area contributed by atoms with Crippen molar-refractivity contribution in [2.75, 3.05) is 7.11 Å². The van der Waals surface area contributed by atoms with Gasteiger partial charge < -0.3 is 14.2 Å². The first-order valence-corrected chi connectivity index (χ1v) is 7.76. The molecule has 0 aliphatic heterocycles. The molecule has 0 fully saturated rings. The van der Waals surface area contributed by atoms with Crippen molar-refractivity contribution < 1.29 is 23.8 Å². The van der Waals surface area contributed by atoms with Gasteiger partial charge in [0.05, 0.1) is 7.11 Å². The molecule has 2 rings (SSSR count). The van der Waals surface area contributed by atoms with E-state index in [-0.39, 0.29) is 0 Å². The molecule has 0 bridgehead atoms. The molecule has 130 valence electrons. The molecule has 1 unspecified atom stereocenters. The van der Waals surface area contributed by atoms with Gasteiger partial charge in [0.2, 0.25) is 0 Å². The first-order chi connectivity index (χ1) is 12.0. The average Bonchev–Trinajstić information content (AvgIpc) is 2.58. The van der Waals surface area contributed by atoms with E-state index < -0.39 is 18.0 Å². The van der Waals surface area contributed by atoms with Gasteiger partial charge in [-0.15, -0.1) is 0 Å². The van der Waals surface area contributed by atoms with E-state index in [2.05, 4.69) is 0 Å². The van der Waals surface area contributed by atoms with Crippen LogP contribution in [0.3, 0.4) is 0 Å². The zero-order valence-corrected chi connectivity index (χ0v) is 14.4. The summed E-state index contributed by atoms with van der Waals surface area (Å²) in [6.45, 7) is 2.66. The highest BCUT2D eigenvalue weighted by atomic mass is 16.6. The van der Waals surface area contributed by atoms with Gasteiger partial charge in [0.25, 0.3) is 0 Å². The Morgan fingerprint density at radius 2 is 1.76 bits per heavy atom. The standard InChI is InChI=1S/C20H20O5/c1-14(21)24-19-10-5-4-9-18(19)20(25-15(2)22)12-11-16-7-6-8-17(13-16)23-3/h4-13,20H,1-3H3. The molecule has 2 aromatic carbocycles. The molecule has 0 heterocycles. The predicted octanol–water partition coefficient (Wildman–Crippen LogP) is 3.94. The Morgan fingerprint density at radius 1 is 1.00 bits per heavy atom. The number of rotatable bonds is 6. The van der Waals surface area contributed by atoms with Crippen LogP contribution >= 0.6 is 0 Å². The Morgan fingerprint density at radius 3 is 2.44 bits per heavy atom. The highest BCUT2D eigenvalue weighted by Gasteiger charge is 2.17. The molecule has 0 aliphatic carbocycles. The van der Waals surface area contributed by atoms with Gasteiger partial charge in [0.1, 0.15) is 17.6 Å². The fourth-order valence-corrected chi connectivity index (χ4v) is 2.29. The highest BCUT2D eigenvalue weighted by molar-refractivity contribution is 5.70. The zero-order chi connectivity index (χ0) is 18.2. The lowest BCUT2D eigenvalue weighted by atomic mass is 10.1. The lowest BCUT2D eigenvalue weighted by Gasteiger charge is -2.17. The summed E-state index contributed by atoms with van der Waals surface area (Å²) in [6, 6.07) is 14.4. The molecule has 25 heavy (non-hydrogen) atoms. The summed E-state index contributed by atoms with van der Waals surface area (Å²) in [5, 5.41) is 0. The predicted molar refractivity (Wildman–Crippen MR) is 94.3 cm³/mol. The second-order valence-electron chi connectivity index (χ2n) is 5.30. The number of hydrogen-bond acceptors (Lipinski definition) is 5. The van der Waals surface area contributed by atoms with Crippen LogP contribution in [0.15, 0.2) is 54.6 Å². The first kappa shape index (κ1) is 18.3.